The highest BCUT2D eigenvalue weighted by molar-refractivity contribution is 8.05. The fraction of sp³-hybridized carbons (Fsp3) is 0.429. The van der Waals surface area contributed by atoms with E-state index in [1.807, 2.05) is 6.92 Å². The Bertz CT molecular complexity index is 769. The molecule has 0 saturated carbocycles. The first kappa shape index (κ1) is 19.8. The van der Waals surface area contributed by atoms with E-state index in [1.54, 1.807) is 0 Å². The number of amides is 1. The number of primary amides is 1. The first-order valence-electron chi connectivity index (χ1n) is 7.56. The topological polar surface area (TPSA) is 128 Å². The molecule has 1 aromatic heterocycles. The van der Waals surface area contributed by atoms with Crippen LogP contribution in [-0.2, 0) is 4.79 Å². The summed E-state index contributed by atoms with van der Waals surface area (Å²) in [6, 6.07) is 2.05. The smallest absolute Gasteiger partial charge is 0.378 e. The van der Waals surface area contributed by atoms with Crippen LogP contribution in [0.5, 0.6) is 0 Å². The number of thioether (sulfide) groups is 1. The first-order valence-corrected chi connectivity index (χ1v) is 8.44. The van der Waals surface area contributed by atoms with Crippen LogP contribution in [0.4, 0.5) is 30.5 Å². The minimum absolute atomic E-state index is 0.231. The Kier molecular flexibility index (Phi) is 5.64. The number of allylic oxidation sites excluding steroid dienone is 1. The lowest BCUT2D eigenvalue weighted by Crippen LogP contribution is -2.36. The molecule has 0 aliphatic carbocycles. The molecule has 2 heterocycles. The molecule has 0 saturated heterocycles. The molecule has 0 bridgehead atoms. The Morgan fingerprint density at radius 3 is 2.58 bits per heavy atom. The summed E-state index contributed by atoms with van der Waals surface area (Å²) in [5.41, 5.74) is 8.90. The van der Waals surface area contributed by atoms with Crippen LogP contribution in [0.3, 0.4) is 0 Å². The van der Waals surface area contributed by atoms with Gasteiger partial charge < -0.3 is 16.4 Å². The monoisotopic (exact) mass is 391 g/mol. The molecule has 1 aliphatic rings. The average Bonchev–Trinajstić information content (AvgIpc) is 2.92. The van der Waals surface area contributed by atoms with Gasteiger partial charge in [0.05, 0.1) is 10.3 Å². The number of rotatable bonds is 6. The summed E-state index contributed by atoms with van der Waals surface area (Å²) in [7, 11) is 0. The summed E-state index contributed by atoms with van der Waals surface area (Å²) in [5.74, 6) is -1.94. The van der Waals surface area contributed by atoms with Crippen LogP contribution in [0.15, 0.2) is 22.7 Å². The summed E-state index contributed by atoms with van der Waals surface area (Å²) in [4.78, 5) is 25.6. The molecule has 12 heteroatoms. The summed E-state index contributed by atoms with van der Waals surface area (Å²) in [6.45, 7) is 1.87. The van der Waals surface area contributed by atoms with Gasteiger partial charge in [0.1, 0.15) is 16.4 Å². The molecule has 2 rings (SSSR count). The molecule has 4 N–H and O–H groups in total. The van der Waals surface area contributed by atoms with Crippen molar-refractivity contribution in [3.8, 4) is 0 Å². The molecule has 8 nitrogen and oxygen atoms in total. The third-order valence-corrected chi connectivity index (χ3v) is 4.97. The Balaban J connectivity index is 2.59. The predicted molar refractivity (Wildman–Crippen MR) is 91.0 cm³/mol. The van der Waals surface area contributed by atoms with E-state index in [2.05, 4.69) is 4.98 Å². The fourth-order valence-corrected chi connectivity index (χ4v) is 3.83. The summed E-state index contributed by atoms with van der Waals surface area (Å²) in [6.07, 6.45) is -3.20. The molecule has 26 heavy (non-hydrogen) atoms. The molecule has 0 spiro atoms. The molecular formula is C14H16F3N5O3S. The highest BCUT2D eigenvalue weighted by Crippen LogP contribution is 2.48. The van der Waals surface area contributed by atoms with Crippen molar-refractivity contribution in [2.24, 2.45) is 5.73 Å². The Morgan fingerprint density at radius 1 is 1.46 bits per heavy atom. The zero-order valence-corrected chi connectivity index (χ0v) is 14.4. The number of unbranched alkanes of at least 4 members (excludes halogenated alkanes) is 1. The van der Waals surface area contributed by atoms with Gasteiger partial charge in [-0.2, -0.15) is 13.2 Å². The molecule has 0 radical (unpaired) electrons. The number of carbonyl (C=O) groups excluding carboxylic acids is 1. The van der Waals surface area contributed by atoms with E-state index in [-0.39, 0.29) is 5.82 Å². The van der Waals surface area contributed by atoms with Crippen LogP contribution in [0.25, 0.3) is 0 Å². The maximum absolute atomic E-state index is 13.6. The van der Waals surface area contributed by atoms with Gasteiger partial charge in [-0.25, -0.2) is 4.98 Å². The lowest BCUT2D eigenvalue weighted by molar-refractivity contribution is -0.384. The number of nitrogens with two attached hydrogens (primary N) is 2. The van der Waals surface area contributed by atoms with Gasteiger partial charge in [0.2, 0.25) is 5.82 Å². The number of hydrogen-bond acceptors (Lipinski definition) is 7. The van der Waals surface area contributed by atoms with Crippen molar-refractivity contribution >= 4 is 35.0 Å². The van der Waals surface area contributed by atoms with Crippen LogP contribution in [0.2, 0.25) is 0 Å². The number of pyridine rings is 1. The second-order valence-corrected chi connectivity index (χ2v) is 6.64. The van der Waals surface area contributed by atoms with Crippen LogP contribution in [0.1, 0.15) is 26.2 Å². The summed E-state index contributed by atoms with van der Waals surface area (Å²) in [5, 5.41) is 10.1. The maximum Gasteiger partial charge on any atom is 0.432 e. The van der Waals surface area contributed by atoms with Gasteiger partial charge >= 0.3 is 11.9 Å². The number of carbonyl (C=O) groups is 1. The molecule has 1 amide bonds. The molecule has 1 atom stereocenters. The number of aromatic nitrogens is 1. The Hall–Kier alpha value is -2.50. The number of alkyl halides is 3. The highest BCUT2D eigenvalue weighted by Gasteiger charge is 2.49. The molecule has 0 aromatic carbocycles. The van der Waals surface area contributed by atoms with Gasteiger partial charge in [-0.1, -0.05) is 31.5 Å². The van der Waals surface area contributed by atoms with E-state index in [0.29, 0.717) is 24.6 Å². The van der Waals surface area contributed by atoms with Crippen molar-refractivity contribution in [1.82, 2.24) is 4.98 Å². The molecule has 142 valence electrons. The van der Waals surface area contributed by atoms with Crippen LogP contribution < -0.4 is 16.4 Å². The van der Waals surface area contributed by atoms with Crippen molar-refractivity contribution in [3.05, 3.63) is 32.8 Å². The lowest BCUT2D eigenvalue weighted by atomic mass is 10.2. The summed E-state index contributed by atoms with van der Waals surface area (Å²) < 4.78 is 40.9. The summed E-state index contributed by atoms with van der Waals surface area (Å²) >= 11 is 0.709. The van der Waals surface area contributed by atoms with Gasteiger partial charge in [-0.15, -0.1) is 0 Å². The minimum Gasteiger partial charge on any atom is -0.378 e. The number of anilines is 2. The SMILES string of the molecule is CCCCC1SC(C(N)=O)=C(C(F)(F)F)N1c1ccc([N+](=O)[O-])c(N)n1. The predicted octanol–water partition coefficient (Wildman–Crippen LogP) is 2.90. The first-order chi connectivity index (χ1) is 12.1. The van der Waals surface area contributed by atoms with Gasteiger partial charge in [-0.3, -0.25) is 14.9 Å². The normalized spacial score (nSPS) is 17.7. The molecule has 1 aliphatic heterocycles. The maximum atomic E-state index is 13.6. The van der Waals surface area contributed by atoms with Gasteiger partial charge in [0, 0.05) is 6.07 Å². The van der Waals surface area contributed by atoms with Crippen molar-refractivity contribution in [2.45, 2.75) is 37.7 Å². The minimum atomic E-state index is -4.86. The number of hydrogen-bond donors (Lipinski definition) is 2. The van der Waals surface area contributed by atoms with E-state index >= 15 is 0 Å². The van der Waals surface area contributed by atoms with Crippen molar-refractivity contribution in [2.75, 3.05) is 10.6 Å². The number of nitrogen functional groups attached to an aromatic ring is 1. The third kappa shape index (κ3) is 3.84. The second-order valence-electron chi connectivity index (χ2n) is 5.46. The third-order valence-electron chi connectivity index (χ3n) is 3.63. The van der Waals surface area contributed by atoms with E-state index in [4.69, 9.17) is 11.5 Å². The molecule has 0 fully saturated rings. The number of nitrogens with zero attached hydrogens (tertiary/aromatic N) is 3. The van der Waals surface area contributed by atoms with E-state index in [9.17, 15) is 28.1 Å². The molecule has 1 unspecified atom stereocenters. The van der Waals surface area contributed by atoms with E-state index in [1.165, 1.54) is 0 Å². The zero-order chi connectivity index (χ0) is 19.6. The zero-order valence-electron chi connectivity index (χ0n) is 13.6. The number of halogens is 3. The highest BCUT2D eigenvalue weighted by atomic mass is 32.2. The Morgan fingerprint density at radius 2 is 2.12 bits per heavy atom. The standard InChI is InChI=1S/C14H16F3N5O3S/c1-2-3-4-9-21(8-6-5-7(22(24)25)12(18)20-8)11(14(15,16)17)10(26-9)13(19)23/h5-6,9H,2-4H2,1H3,(H2,18,20)(H2,19,23). The quantitative estimate of drug-likeness (QED) is 0.563. The fourth-order valence-electron chi connectivity index (χ4n) is 2.51. The molecular weight excluding hydrogens is 375 g/mol. The van der Waals surface area contributed by atoms with Crippen molar-refractivity contribution in [1.29, 1.82) is 0 Å². The van der Waals surface area contributed by atoms with Crippen molar-refractivity contribution in [3.63, 3.8) is 0 Å². The second kappa shape index (κ2) is 7.40. The lowest BCUT2D eigenvalue weighted by Gasteiger charge is -2.28. The van der Waals surface area contributed by atoms with E-state index in [0.717, 1.165) is 23.5 Å². The Labute approximate surface area is 150 Å². The van der Waals surface area contributed by atoms with Crippen molar-refractivity contribution < 1.29 is 22.9 Å². The molecule has 1 aromatic rings. The average molecular weight is 391 g/mol. The van der Waals surface area contributed by atoms with Crippen LogP contribution in [-0.4, -0.2) is 27.4 Å². The van der Waals surface area contributed by atoms with Gasteiger partial charge in [0.15, 0.2) is 0 Å². The van der Waals surface area contributed by atoms with Gasteiger partial charge in [0.25, 0.3) is 5.91 Å². The van der Waals surface area contributed by atoms with E-state index < -0.39 is 44.5 Å². The van der Waals surface area contributed by atoms with Gasteiger partial charge in [-0.05, 0) is 12.5 Å². The largest absolute Gasteiger partial charge is 0.432 e. The number of nitro groups is 1. The van der Waals surface area contributed by atoms with Crippen LogP contribution in [0, 0.1) is 10.1 Å². The van der Waals surface area contributed by atoms with Crippen LogP contribution >= 0.6 is 11.8 Å².